The first-order valence-electron chi connectivity index (χ1n) is 10.6. The second kappa shape index (κ2) is 10.5. The molecular formula is C23H26N2O7S. The SMILES string of the molecule is CCCS(=O)(=O)NC(=O)C(CCC(=O)O)NC(=O)OCC1c2ccccc2-c2ccccc21. The first kappa shape index (κ1) is 24.2. The molecule has 0 saturated heterocycles. The number of rotatable bonds is 10. The standard InChI is InChI=1S/C23H26N2O7S/c1-2-13-33(30,31)25-22(28)20(11-12-21(26)27)24-23(29)32-14-19-17-9-5-3-7-15(17)16-8-4-6-10-18(16)19/h3-10,19-20H,2,11-14H2,1H3,(H,24,29)(H,25,28)(H,26,27). The van der Waals surface area contributed by atoms with Crippen LogP contribution in [0.15, 0.2) is 48.5 Å². The quantitative estimate of drug-likeness (QED) is 0.481. The number of sulfonamides is 1. The predicted octanol–water partition coefficient (Wildman–Crippen LogP) is 2.61. The summed E-state index contributed by atoms with van der Waals surface area (Å²) in [5.41, 5.74) is 4.14. The monoisotopic (exact) mass is 474 g/mol. The number of benzene rings is 2. The van der Waals surface area contributed by atoms with Crippen LogP contribution in [0.25, 0.3) is 11.1 Å². The molecule has 3 rings (SSSR count). The van der Waals surface area contributed by atoms with Crippen molar-refractivity contribution in [2.24, 2.45) is 0 Å². The molecule has 0 fully saturated rings. The molecule has 1 aliphatic rings. The van der Waals surface area contributed by atoms with Crippen LogP contribution in [-0.4, -0.2) is 49.9 Å². The third-order valence-corrected chi connectivity index (χ3v) is 6.79. The van der Waals surface area contributed by atoms with Crippen LogP contribution in [0.1, 0.15) is 43.2 Å². The Balaban J connectivity index is 1.68. The fourth-order valence-corrected chi connectivity index (χ4v) is 4.95. The van der Waals surface area contributed by atoms with Gasteiger partial charge in [0.05, 0.1) is 5.75 Å². The minimum absolute atomic E-state index is 0.00125. The average molecular weight is 475 g/mol. The number of nitrogens with one attached hydrogen (secondary N) is 2. The lowest BCUT2D eigenvalue weighted by Gasteiger charge is -2.19. The minimum Gasteiger partial charge on any atom is -0.481 e. The van der Waals surface area contributed by atoms with E-state index in [0.29, 0.717) is 6.42 Å². The Labute approximate surface area is 192 Å². The summed E-state index contributed by atoms with van der Waals surface area (Å²) < 4.78 is 31.1. The molecule has 0 saturated carbocycles. The molecule has 1 atom stereocenters. The summed E-state index contributed by atoms with van der Waals surface area (Å²) in [5, 5.41) is 11.2. The van der Waals surface area contributed by atoms with Gasteiger partial charge in [-0.25, -0.2) is 13.2 Å². The van der Waals surface area contributed by atoms with E-state index in [1.54, 1.807) is 6.92 Å². The van der Waals surface area contributed by atoms with Crippen molar-refractivity contribution >= 4 is 28.0 Å². The lowest BCUT2D eigenvalue weighted by atomic mass is 9.98. The van der Waals surface area contributed by atoms with E-state index in [1.807, 2.05) is 53.3 Å². The highest BCUT2D eigenvalue weighted by molar-refractivity contribution is 7.90. The molecule has 0 aliphatic heterocycles. The normalized spacial score (nSPS) is 13.5. The zero-order chi connectivity index (χ0) is 24.0. The van der Waals surface area contributed by atoms with E-state index in [-0.39, 0.29) is 24.7 Å². The van der Waals surface area contributed by atoms with Gasteiger partial charge in [0.25, 0.3) is 5.91 Å². The Hall–Kier alpha value is -3.40. The molecule has 9 nitrogen and oxygen atoms in total. The largest absolute Gasteiger partial charge is 0.481 e. The highest BCUT2D eigenvalue weighted by atomic mass is 32.2. The van der Waals surface area contributed by atoms with Crippen molar-refractivity contribution in [2.45, 2.75) is 38.1 Å². The van der Waals surface area contributed by atoms with E-state index in [0.717, 1.165) is 22.3 Å². The molecule has 2 aromatic rings. The molecule has 10 heteroatoms. The lowest BCUT2D eigenvalue weighted by molar-refractivity contribution is -0.137. The number of amides is 2. The molecule has 2 aromatic carbocycles. The van der Waals surface area contributed by atoms with Gasteiger partial charge in [-0.3, -0.25) is 14.3 Å². The highest BCUT2D eigenvalue weighted by Gasteiger charge is 2.30. The van der Waals surface area contributed by atoms with Crippen molar-refractivity contribution in [3.8, 4) is 11.1 Å². The maximum Gasteiger partial charge on any atom is 0.407 e. The summed E-state index contributed by atoms with van der Waals surface area (Å²) in [5.74, 6) is -2.65. The predicted molar refractivity (Wildman–Crippen MR) is 121 cm³/mol. The molecule has 0 heterocycles. The fraction of sp³-hybridized carbons (Fsp3) is 0.348. The van der Waals surface area contributed by atoms with Crippen LogP contribution in [0, 0.1) is 0 Å². The number of fused-ring (bicyclic) bond motifs is 3. The summed E-state index contributed by atoms with van der Waals surface area (Å²) in [6, 6.07) is 14.2. The molecule has 0 radical (unpaired) electrons. The van der Waals surface area contributed by atoms with Gasteiger partial charge in [-0.1, -0.05) is 55.5 Å². The second-order valence-electron chi connectivity index (χ2n) is 7.74. The van der Waals surface area contributed by atoms with Crippen LogP contribution < -0.4 is 10.0 Å². The minimum atomic E-state index is -3.88. The number of alkyl carbamates (subject to hydrolysis) is 1. The second-order valence-corrected chi connectivity index (χ2v) is 9.58. The number of aliphatic carboxylic acids is 1. The number of carboxylic acid groups (broad SMARTS) is 1. The van der Waals surface area contributed by atoms with Gasteiger partial charge in [0, 0.05) is 12.3 Å². The van der Waals surface area contributed by atoms with Crippen LogP contribution in [0.2, 0.25) is 0 Å². The topological polar surface area (TPSA) is 139 Å². The Bertz CT molecular complexity index is 1100. The molecule has 33 heavy (non-hydrogen) atoms. The molecule has 176 valence electrons. The summed E-state index contributed by atoms with van der Waals surface area (Å²) in [6.45, 7) is 1.64. The molecule has 0 bridgehead atoms. The molecule has 3 N–H and O–H groups in total. The maximum atomic E-state index is 12.5. The van der Waals surface area contributed by atoms with Gasteiger partial charge in [-0.2, -0.15) is 0 Å². The summed E-state index contributed by atoms with van der Waals surface area (Å²) in [6.07, 6.45) is -1.36. The molecule has 0 aromatic heterocycles. The molecule has 0 spiro atoms. The van der Waals surface area contributed by atoms with Crippen molar-refractivity contribution in [1.82, 2.24) is 10.0 Å². The van der Waals surface area contributed by atoms with E-state index in [2.05, 4.69) is 5.32 Å². The van der Waals surface area contributed by atoms with E-state index < -0.39 is 40.5 Å². The van der Waals surface area contributed by atoms with Gasteiger partial charge in [0.2, 0.25) is 10.0 Å². The van der Waals surface area contributed by atoms with Crippen LogP contribution >= 0.6 is 0 Å². The maximum absolute atomic E-state index is 12.5. The number of hydrogen-bond donors (Lipinski definition) is 3. The number of hydrogen-bond acceptors (Lipinski definition) is 6. The van der Waals surface area contributed by atoms with Gasteiger partial charge in [-0.15, -0.1) is 0 Å². The average Bonchev–Trinajstić information content (AvgIpc) is 3.08. The summed E-state index contributed by atoms with van der Waals surface area (Å²) in [7, 11) is -3.88. The third kappa shape index (κ3) is 6.10. The zero-order valence-corrected chi connectivity index (χ0v) is 18.9. The van der Waals surface area contributed by atoms with Crippen LogP contribution in [-0.2, 0) is 24.3 Å². The smallest absolute Gasteiger partial charge is 0.407 e. The van der Waals surface area contributed by atoms with Crippen molar-refractivity contribution in [2.75, 3.05) is 12.4 Å². The van der Waals surface area contributed by atoms with E-state index >= 15 is 0 Å². The number of carbonyl (C=O) groups is 3. The molecule has 1 aliphatic carbocycles. The van der Waals surface area contributed by atoms with Crippen LogP contribution in [0.4, 0.5) is 4.79 Å². The van der Waals surface area contributed by atoms with Crippen molar-refractivity contribution in [1.29, 1.82) is 0 Å². The summed E-state index contributed by atoms with van der Waals surface area (Å²) in [4.78, 5) is 35.8. The number of carbonyl (C=O) groups excluding carboxylic acids is 2. The molecule has 2 amide bonds. The van der Waals surface area contributed by atoms with E-state index in [9.17, 15) is 22.8 Å². The van der Waals surface area contributed by atoms with Gasteiger partial charge in [-0.05, 0) is 35.1 Å². The zero-order valence-electron chi connectivity index (χ0n) is 18.1. The van der Waals surface area contributed by atoms with Crippen LogP contribution in [0.5, 0.6) is 0 Å². The first-order chi connectivity index (χ1) is 15.7. The van der Waals surface area contributed by atoms with Crippen molar-refractivity contribution in [3.63, 3.8) is 0 Å². The first-order valence-corrected chi connectivity index (χ1v) is 12.2. The van der Waals surface area contributed by atoms with Gasteiger partial charge in [0.15, 0.2) is 0 Å². The fourth-order valence-electron chi connectivity index (χ4n) is 3.86. The van der Waals surface area contributed by atoms with Crippen molar-refractivity contribution < 1.29 is 32.6 Å². The molecule has 1 unspecified atom stereocenters. The highest BCUT2D eigenvalue weighted by Crippen LogP contribution is 2.44. The molecular weight excluding hydrogens is 448 g/mol. The summed E-state index contributed by atoms with van der Waals surface area (Å²) >= 11 is 0. The lowest BCUT2D eigenvalue weighted by Crippen LogP contribution is -2.49. The Morgan fingerprint density at radius 1 is 1.03 bits per heavy atom. The Kier molecular flexibility index (Phi) is 7.70. The van der Waals surface area contributed by atoms with Gasteiger partial charge >= 0.3 is 12.1 Å². The number of ether oxygens (including phenoxy) is 1. The van der Waals surface area contributed by atoms with Gasteiger partial charge in [0.1, 0.15) is 12.6 Å². The van der Waals surface area contributed by atoms with Crippen LogP contribution in [0.3, 0.4) is 0 Å². The van der Waals surface area contributed by atoms with E-state index in [1.165, 1.54) is 0 Å². The number of carboxylic acids is 1. The third-order valence-electron chi connectivity index (χ3n) is 5.33. The van der Waals surface area contributed by atoms with E-state index in [4.69, 9.17) is 9.84 Å². The Morgan fingerprint density at radius 3 is 2.15 bits per heavy atom. The van der Waals surface area contributed by atoms with Gasteiger partial charge < -0.3 is 15.2 Å². The Morgan fingerprint density at radius 2 is 1.61 bits per heavy atom. The van der Waals surface area contributed by atoms with Crippen molar-refractivity contribution in [3.05, 3.63) is 59.7 Å².